The molecule has 1 aliphatic heterocycles. The summed E-state index contributed by atoms with van der Waals surface area (Å²) in [6.07, 6.45) is 1.18. The Morgan fingerprint density at radius 1 is 0.938 bits per heavy atom. The number of hydrogen-bond acceptors (Lipinski definition) is 1. The summed E-state index contributed by atoms with van der Waals surface area (Å²) in [7, 11) is 0. The lowest BCUT2D eigenvalue weighted by molar-refractivity contribution is -0.212. The van der Waals surface area contributed by atoms with Gasteiger partial charge in [0, 0.05) is 17.3 Å². The Bertz CT molecular complexity index is 402. The molecule has 1 saturated heterocycles. The van der Waals surface area contributed by atoms with Crippen LogP contribution in [0.3, 0.4) is 0 Å². The standard InChI is InChI=1S/C15H20O/c1-13(2)11-7-5-6-8-12(11)14(3,4)15(13)9-10-16-15/h5-8H,9-10H2,1-4H3. The van der Waals surface area contributed by atoms with Gasteiger partial charge >= 0.3 is 0 Å². The minimum Gasteiger partial charge on any atom is -0.373 e. The van der Waals surface area contributed by atoms with Gasteiger partial charge in [-0.1, -0.05) is 52.0 Å². The highest BCUT2D eigenvalue weighted by atomic mass is 16.5. The van der Waals surface area contributed by atoms with Crippen molar-refractivity contribution in [2.24, 2.45) is 0 Å². The maximum atomic E-state index is 6.09. The zero-order chi connectivity index (χ0) is 11.6. The number of fused-ring (bicyclic) bond motifs is 1. The minimum atomic E-state index is 0.0175. The van der Waals surface area contributed by atoms with Crippen molar-refractivity contribution in [2.45, 2.75) is 50.5 Å². The van der Waals surface area contributed by atoms with Gasteiger partial charge in [0.25, 0.3) is 0 Å². The Hall–Kier alpha value is -0.820. The average molecular weight is 216 g/mol. The van der Waals surface area contributed by atoms with Crippen LogP contribution in [0, 0.1) is 0 Å². The van der Waals surface area contributed by atoms with Gasteiger partial charge in [-0.15, -0.1) is 0 Å². The average Bonchev–Trinajstić information content (AvgIpc) is 2.28. The molecule has 0 bridgehead atoms. The molecule has 0 saturated carbocycles. The Kier molecular flexibility index (Phi) is 1.75. The van der Waals surface area contributed by atoms with Crippen LogP contribution < -0.4 is 0 Å². The molecule has 0 amide bonds. The Labute approximate surface area is 97.8 Å². The molecule has 2 aliphatic rings. The number of rotatable bonds is 0. The normalized spacial score (nSPS) is 27.5. The first-order valence-corrected chi connectivity index (χ1v) is 6.17. The fourth-order valence-electron chi connectivity index (χ4n) is 4.08. The summed E-state index contributed by atoms with van der Waals surface area (Å²) in [6.45, 7) is 10.2. The van der Waals surface area contributed by atoms with Crippen LogP contribution in [0.5, 0.6) is 0 Å². The quantitative estimate of drug-likeness (QED) is 0.645. The second-order valence-electron chi connectivity index (χ2n) is 6.22. The van der Waals surface area contributed by atoms with Crippen LogP contribution >= 0.6 is 0 Å². The Morgan fingerprint density at radius 2 is 1.38 bits per heavy atom. The lowest BCUT2D eigenvalue weighted by atomic mass is 9.62. The maximum absolute atomic E-state index is 6.09. The zero-order valence-corrected chi connectivity index (χ0v) is 10.6. The predicted octanol–water partition coefficient (Wildman–Crippen LogP) is 3.41. The van der Waals surface area contributed by atoms with E-state index in [1.165, 1.54) is 17.5 Å². The monoisotopic (exact) mass is 216 g/mol. The van der Waals surface area contributed by atoms with Gasteiger partial charge < -0.3 is 4.74 Å². The molecule has 1 aliphatic carbocycles. The molecule has 0 unspecified atom stereocenters. The lowest BCUT2D eigenvalue weighted by Gasteiger charge is -2.55. The van der Waals surface area contributed by atoms with E-state index in [2.05, 4.69) is 52.0 Å². The van der Waals surface area contributed by atoms with E-state index in [0.29, 0.717) is 0 Å². The smallest absolute Gasteiger partial charge is 0.0886 e. The van der Waals surface area contributed by atoms with Gasteiger partial charge in [-0.25, -0.2) is 0 Å². The van der Waals surface area contributed by atoms with Gasteiger partial charge in [0.2, 0.25) is 0 Å². The van der Waals surface area contributed by atoms with Crippen LogP contribution in [-0.2, 0) is 15.6 Å². The molecule has 3 rings (SSSR count). The molecule has 1 aromatic rings. The molecule has 1 heterocycles. The Balaban J connectivity index is 2.29. The molecule has 0 radical (unpaired) electrons. The summed E-state index contributed by atoms with van der Waals surface area (Å²) in [6, 6.07) is 8.84. The third kappa shape index (κ3) is 0.842. The van der Waals surface area contributed by atoms with Crippen molar-refractivity contribution in [2.75, 3.05) is 6.61 Å². The topological polar surface area (TPSA) is 9.23 Å². The van der Waals surface area contributed by atoms with Crippen molar-refractivity contribution in [3.8, 4) is 0 Å². The highest BCUT2D eigenvalue weighted by Gasteiger charge is 2.66. The van der Waals surface area contributed by atoms with Crippen LogP contribution in [0.2, 0.25) is 0 Å². The SMILES string of the molecule is CC1(C)c2ccccc2C(C)(C)C12CCO2. The van der Waals surface area contributed by atoms with Crippen LogP contribution in [0.1, 0.15) is 45.2 Å². The summed E-state index contributed by atoms with van der Waals surface area (Å²) >= 11 is 0. The second kappa shape index (κ2) is 2.70. The van der Waals surface area contributed by atoms with Gasteiger partial charge in [-0.2, -0.15) is 0 Å². The van der Waals surface area contributed by atoms with E-state index in [1.807, 2.05) is 0 Å². The van der Waals surface area contributed by atoms with E-state index in [1.54, 1.807) is 0 Å². The number of hydrogen-bond donors (Lipinski definition) is 0. The van der Waals surface area contributed by atoms with Gasteiger partial charge in [-0.05, 0) is 11.1 Å². The largest absolute Gasteiger partial charge is 0.373 e. The molecule has 1 spiro atoms. The van der Waals surface area contributed by atoms with Gasteiger partial charge in [0.05, 0.1) is 12.2 Å². The third-order valence-electron chi connectivity index (χ3n) is 5.10. The summed E-state index contributed by atoms with van der Waals surface area (Å²) < 4.78 is 6.09. The lowest BCUT2D eigenvalue weighted by Crippen LogP contribution is -2.62. The molecule has 0 atom stereocenters. The summed E-state index contributed by atoms with van der Waals surface area (Å²) in [5, 5.41) is 0. The number of ether oxygens (including phenoxy) is 1. The highest BCUT2D eigenvalue weighted by Crippen LogP contribution is 2.62. The molecule has 1 heteroatoms. The fraction of sp³-hybridized carbons (Fsp3) is 0.600. The van der Waals surface area contributed by atoms with Crippen LogP contribution in [0.25, 0.3) is 0 Å². The molecule has 16 heavy (non-hydrogen) atoms. The van der Waals surface area contributed by atoms with Crippen molar-refractivity contribution in [1.82, 2.24) is 0 Å². The van der Waals surface area contributed by atoms with Crippen molar-refractivity contribution in [1.29, 1.82) is 0 Å². The number of benzene rings is 1. The molecule has 0 aromatic heterocycles. The molecule has 1 fully saturated rings. The minimum absolute atomic E-state index is 0.0175. The van der Waals surface area contributed by atoms with E-state index < -0.39 is 0 Å². The van der Waals surface area contributed by atoms with Crippen molar-refractivity contribution < 1.29 is 4.74 Å². The first-order chi connectivity index (χ1) is 7.43. The van der Waals surface area contributed by atoms with E-state index in [-0.39, 0.29) is 16.4 Å². The second-order valence-corrected chi connectivity index (χ2v) is 6.22. The fourth-order valence-corrected chi connectivity index (χ4v) is 4.08. The van der Waals surface area contributed by atoms with E-state index >= 15 is 0 Å². The molecular formula is C15H20O. The van der Waals surface area contributed by atoms with Gasteiger partial charge in [0.15, 0.2) is 0 Å². The van der Waals surface area contributed by atoms with Gasteiger partial charge in [-0.3, -0.25) is 0 Å². The molecular weight excluding hydrogens is 196 g/mol. The predicted molar refractivity (Wildman–Crippen MR) is 65.8 cm³/mol. The van der Waals surface area contributed by atoms with E-state index in [4.69, 9.17) is 4.74 Å². The molecule has 86 valence electrons. The first kappa shape index (κ1) is 10.3. The summed E-state index contributed by atoms with van der Waals surface area (Å²) in [5.74, 6) is 0. The summed E-state index contributed by atoms with van der Waals surface area (Å²) in [4.78, 5) is 0. The van der Waals surface area contributed by atoms with Crippen LogP contribution in [0.4, 0.5) is 0 Å². The van der Waals surface area contributed by atoms with E-state index in [9.17, 15) is 0 Å². The summed E-state index contributed by atoms with van der Waals surface area (Å²) in [5.41, 5.74) is 3.22. The zero-order valence-electron chi connectivity index (χ0n) is 10.6. The van der Waals surface area contributed by atoms with E-state index in [0.717, 1.165) is 6.61 Å². The highest BCUT2D eigenvalue weighted by molar-refractivity contribution is 5.51. The van der Waals surface area contributed by atoms with Crippen molar-refractivity contribution in [3.63, 3.8) is 0 Å². The first-order valence-electron chi connectivity index (χ1n) is 6.17. The van der Waals surface area contributed by atoms with Crippen molar-refractivity contribution >= 4 is 0 Å². The maximum Gasteiger partial charge on any atom is 0.0886 e. The molecule has 1 aromatic carbocycles. The molecule has 0 N–H and O–H groups in total. The Morgan fingerprint density at radius 3 is 1.69 bits per heavy atom. The van der Waals surface area contributed by atoms with Crippen LogP contribution in [-0.4, -0.2) is 12.2 Å². The molecule has 1 nitrogen and oxygen atoms in total. The third-order valence-corrected chi connectivity index (χ3v) is 5.10. The van der Waals surface area contributed by atoms with Crippen LogP contribution in [0.15, 0.2) is 24.3 Å². The van der Waals surface area contributed by atoms with Gasteiger partial charge in [0.1, 0.15) is 0 Å². The van der Waals surface area contributed by atoms with Crippen molar-refractivity contribution in [3.05, 3.63) is 35.4 Å².